The zero-order valence-electron chi connectivity index (χ0n) is 16.7. The number of hydrogen-bond donors (Lipinski definition) is 0. The molecular weight excluding hydrogens is 356 g/mol. The Hall–Kier alpha value is -3.02. The number of rotatable bonds is 3. The minimum atomic E-state index is -0.727. The molecule has 0 unspecified atom stereocenters. The summed E-state index contributed by atoms with van der Waals surface area (Å²) in [5.74, 6) is 0.802. The summed E-state index contributed by atoms with van der Waals surface area (Å²) in [4.78, 5) is 13.2. The Kier molecular flexibility index (Phi) is 3.93. The molecule has 1 spiro atoms. The van der Waals surface area contributed by atoms with Gasteiger partial charge in [0.05, 0.1) is 16.4 Å². The van der Waals surface area contributed by atoms with Gasteiger partial charge in [0.15, 0.2) is 0 Å². The highest BCUT2D eigenvalue weighted by Gasteiger charge is 2.57. The molecule has 0 fully saturated rings. The van der Waals surface area contributed by atoms with Crippen molar-refractivity contribution in [2.45, 2.75) is 44.9 Å². The first-order valence-electron chi connectivity index (χ1n) is 9.38. The van der Waals surface area contributed by atoms with Gasteiger partial charge >= 0.3 is 5.69 Å². The third kappa shape index (κ3) is 2.40. The van der Waals surface area contributed by atoms with E-state index in [-0.39, 0.29) is 23.0 Å². The minimum absolute atomic E-state index is 0.0565. The third-order valence-corrected chi connectivity index (χ3v) is 5.74. The molecule has 0 saturated carbocycles. The SMILES string of the molecule is CC(C)Oc1cc2c(cc1[N+](=O)[O-])C=C[C@@]1(O2)N(C)c2ccccc2C1(C)C. The first-order valence-corrected chi connectivity index (χ1v) is 9.38. The third-order valence-electron chi connectivity index (χ3n) is 5.74. The molecule has 1 atom stereocenters. The molecule has 28 heavy (non-hydrogen) atoms. The fraction of sp³-hybridized carbons (Fsp3) is 0.364. The summed E-state index contributed by atoms with van der Waals surface area (Å²) in [7, 11) is 2.01. The van der Waals surface area contributed by atoms with Gasteiger partial charge in [-0.1, -0.05) is 18.2 Å². The van der Waals surface area contributed by atoms with Crippen LogP contribution in [-0.4, -0.2) is 23.8 Å². The van der Waals surface area contributed by atoms with Crippen molar-refractivity contribution in [1.82, 2.24) is 0 Å². The summed E-state index contributed by atoms with van der Waals surface area (Å²) in [5.41, 5.74) is 1.88. The van der Waals surface area contributed by atoms with Gasteiger partial charge in [0.1, 0.15) is 5.75 Å². The molecule has 0 amide bonds. The topological polar surface area (TPSA) is 64.8 Å². The first-order chi connectivity index (χ1) is 13.2. The number of hydrogen-bond acceptors (Lipinski definition) is 5. The zero-order valence-corrected chi connectivity index (χ0v) is 16.7. The van der Waals surface area contributed by atoms with Gasteiger partial charge in [-0.05, 0) is 51.5 Å². The summed E-state index contributed by atoms with van der Waals surface area (Å²) in [6.45, 7) is 8.00. The zero-order chi connectivity index (χ0) is 20.3. The summed E-state index contributed by atoms with van der Waals surface area (Å²) in [6, 6.07) is 11.4. The van der Waals surface area contributed by atoms with Gasteiger partial charge in [0.25, 0.3) is 0 Å². The van der Waals surface area contributed by atoms with E-state index in [2.05, 4.69) is 30.9 Å². The molecule has 0 bridgehead atoms. The smallest absolute Gasteiger partial charge is 0.311 e. The van der Waals surface area contributed by atoms with Gasteiger partial charge < -0.3 is 14.4 Å². The van der Waals surface area contributed by atoms with Crippen molar-refractivity contribution in [1.29, 1.82) is 0 Å². The maximum Gasteiger partial charge on any atom is 0.311 e. The van der Waals surface area contributed by atoms with Crippen LogP contribution in [-0.2, 0) is 5.41 Å². The van der Waals surface area contributed by atoms with E-state index < -0.39 is 10.6 Å². The van der Waals surface area contributed by atoms with Crippen LogP contribution in [0.5, 0.6) is 11.5 Å². The van der Waals surface area contributed by atoms with Crippen LogP contribution in [0.1, 0.15) is 38.8 Å². The number of likely N-dealkylation sites (N-methyl/N-ethyl adjacent to an activating group) is 1. The molecule has 4 rings (SSSR count). The van der Waals surface area contributed by atoms with Gasteiger partial charge in [-0.2, -0.15) is 0 Å². The first kappa shape index (κ1) is 18.3. The van der Waals surface area contributed by atoms with Gasteiger partial charge in [-0.15, -0.1) is 0 Å². The number of benzene rings is 2. The predicted octanol–water partition coefficient (Wildman–Crippen LogP) is 4.91. The Morgan fingerprint density at radius 3 is 2.57 bits per heavy atom. The van der Waals surface area contributed by atoms with E-state index >= 15 is 0 Å². The molecule has 0 aromatic heterocycles. The fourth-order valence-corrected chi connectivity index (χ4v) is 4.28. The van der Waals surface area contributed by atoms with Gasteiger partial charge in [-0.25, -0.2) is 0 Å². The van der Waals surface area contributed by atoms with Crippen LogP contribution in [0.2, 0.25) is 0 Å². The van der Waals surface area contributed by atoms with Crippen molar-refractivity contribution < 1.29 is 14.4 Å². The maximum absolute atomic E-state index is 11.5. The molecule has 0 N–H and O–H groups in total. The second-order valence-corrected chi connectivity index (χ2v) is 8.11. The van der Waals surface area contributed by atoms with Crippen molar-refractivity contribution in [3.8, 4) is 11.5 Å². The molecule has 0 aliphatic carbocycles. The molecule has 2 aliphatic rings. The lowest BCUT2D eigenvalue weighted by Crippen LogP contribution is -2.58. The van der Waals surface area contributed by atoms with Gasteiger partial charge in [0, 0.05) is 30.4 Å². The molecule has 2 aromatic carbocycles. The largest absolute Gasteiger partial charge is 0.484 e. The Morgan fingerprint density at radius 2 is 1.93 bits per heavy atom. The van der Waals surface area contributed by atoms with Crippen molar-refractivity contribution in [3.63, 3.8) is 0 Å². The van der Waals surface area contributed by atoms with E-state index in [0.29, 0.717) is 11.3 Å². The van der Waals surface area contributed by atoms with Crippen molar-refractivity contribution in [3.05, 3.63) is 63.7 Å². The monoisotopic (exact) mass is 380 g/mol. The number of ether oxygens (including phenoxy) is 2. The molecule has 6 heteroatoms. The van der Waals surface area contributed by atoms with Crippen molar-refractivity contribution in [2.24, 2.45) is 0 Å². The molecule has 146 valence electrons. The Morgan fingerprint density at radius 1 is 1.21 bits per heavy atom. The fourth-order valence-electron chi connectivity index (χ4n) is 4.28. The van der Waals surface area contributed by atoms with E-state index in [1.54, 1.807) is 6.07 Å². The van der Waals surface area contributed by atoms with E-state index in [4.69, 9.17) is 9.47 Å². The van der Waals surface area contributed by atoms with Gasteiger partial charge in [0.2, 0.25) is 11.5 Å². The van der Waals surface area contributed by atoms with E-state index in [1.807, 2.05) is 45.2 Å². The highest BCUT2D eigenvalue weighted by Crippen LogP contribution is 2.54. The summed E-state index contributed by atoms with van der Waals surface area (Å²) in [6.07, 6.45) is 3.73. The van der Waals surface area contributed by atoms with Crippen LogP contribution in [0.25, 0.3) is 6.08 Å². The van der Waals surface area contributed by atoms with Crippen LogP contribution >= 0.6 is 0 Å². The maximum atomic E-state index is 11.5. The average Bonchev–Trinajstić information content (AvgIpc) is 2.80. The summed E-state index contributed by atoms with van der Waals surface area (Å²) < 4.78 is 12.3. The van der Waals surface area contributed by atoms with Crippen LogP contribution in [0, 0.1) is 10.1 Å². The summed E-state index contributed by atoms with van der Waals surface area (Å²) in [5, 5.41) is 11.5. The van der Waals surface area contributed by atoms with Crippen LogP contribution in [0.3, 0.4) is 0 Å². The van der Waals surface area contributed by atoms with Crippen LogP contribution < -0.4 is 14.4 Å². The van der Waals surface area contributed by atoms with Crippen molar-refractivity contribution >= 4 is 17.5 Å². The van der Waals surface area contributed by atoms with E-state index in [1.165, 1.54) is 11.6 Å². The number of nitrogens with zero attached hydrogens (tertiary/aromatic N) is 2. The predicted molar refractivity (Wildman–Crippen MR) is 109 cm³/mol. The lowest BCUT2D eigenvalue weighted by atomic mass is 9.76. The van der Waals surface area contributed by atoms with Crippen molar-refractivity contribution in [2.75, 3.05) is 11.9 Å². The van der Waals surface area contributed by atoms with E-state index in [0.717, 1.165) is 5.69 Å². The van der Waals surface area contributed by atoms with E-state index in [9.17, 15) is 10.1 Å². The number of para-hydroxylation sites is 1. The Balaban J connectivity index is 1.84. The van der Waals surface area contributed by atoms with Gasteiger partial charge in [-0.3, -0.25) is 10.1 Å². The highest BCUT2D eigenvalue weighted by molar-refractivity contribution is 5.74. The number of nitro benzene ring substituents is 1. The Bertz CT molecular complexity index is 996. The second kappa shape index (κ2) is 5.99. The van der Waals surface area contributed by atoms with Crippen LogP contribution in [0.4, 0.5) is 11.4 Å². The molecule has 0 saturated heterocycles. The van der Waals surface area contributed by atoms with Crippen LogP contribution in [0.15, 0.2) is 42.5 Å². The number of fused-ring (bicyclic) bond motifs is 2. The lowest BCUT2D eigenvalue weighted by molar-refractivity contribution is -0.386. The minimum Gasteiger partial charge on any atom is -0.484 e. The molecule has 0 radical (unpaired) electrons. The highest BCUT2D eigenvalue weighted by atomic mass is 16.6. The average molecular weight is 380 g/mol. The molecule has 2 heterocycles. The number of anilines is 1. The normalized spacial score (nSPS) is 21.4. The standard InChI is InChI=1S/C22H24N2O4/c1-14(2)27-20-13-19-15(12-18(20)24(25)26)10-11-22(28-19)21(3,4)16-8-6-7-9-17(16)23(22)5/h6-14H,1-5H3/t22-/m0/s1. The lowest BCUT2D eigenvalue weighted by Gasteiger charge is -2.45. The summed E-state index contributed by atoms with van der Waals surface area (Å²) >= 11 is 0. The quantitative estimate of drug-likeness (QED) is 0.559. The molecular formula is C22H24N2O4. The molecule has 2 aliphatic heterocycles. The molecule has 6 nitrogen and oxygen atoms in total. The Labute approximate surface area is 164 Å². The number of nitro groups is 1. The molecule has 2 aromatic rings. The second-order valence-electron chi connectivity index (χ2n) is 8.11.